The van der Waals surface area contributed by atoms with E-state index in [9.17, 15) is 8.42 Å². The van der Waals surface area contributed by atoms with E-state index in [0.717, 1.165) is 16.8 Å². The predicted octanol–water partition coefficient (Wildman–Crippen LogP) is 2.27. The Hall–Kier alpha value is 0.0500. The van der Waals surface area contributed by atoms with Gasteiger partial charge in [-0.25, -0.2) is 8.42 Å². The van der Waals surface area contributed by atoms with Gasteiger partial charge in [0, 0.05) is 19.6 Å². The highest BCUT2D eigenvalue weighted by atomic mass is 79.9. The second kappa shape index (κ2) is 6.00. The molecule has 4 nitrogen and oxygen atoms in total. The van der Waals surface area contributed by atoms with Gasteiger partial charge in [0.1, 0.15) is 4.21 Å². The number of piperidine rings is 1. The summed E-state index contributed by atoms with van der Waals surface area (Å²) in [6.07, 6.45) is 3.41. The van der Waals surface area contributed by atoms with E-state index in [2.05, 4.69) is 21.2 Å². The zero-order valence-electron chi connectivity index (χ0n) is 10.2. The maximum Gasteiger partial charge on any atom is 0.252 e. The van der Waals surface area contributed by atoms with Gasteiger partial charge in [-0.3, -0.25) is 0 Å². The van der Waals surface area contributed by atoms with Gasteiger partial charge in [0.05, 0.1) is 3.79 Å². The van der Waals surface area contributed by atoms with E-state index >= 15 is 0 Å². The minimum Gasteiger partial charge on any atom is -0.313 e. The van der Waals surface area contributed by atoms with Gasteiger partial charge in [-0.05, 0) is 47.4 Å². The lowest BCUT2D eigenvalue weighted by atomic mass is 10.1. The Balaban J connectivity index is 2.05. The molecule has 0 aliphatic carbocycles. The van der Waals surface area contributed by atoms with E-state index in [4.69, 9.17) is 0 Å². The minimum absolute atomic E-state index is 0.280. The van der Waals surface area contributed by atoms with Gasteiger partial charge in [-0.1, -0.05) is 6.42 Å². The zero-order chi connectivity index (χ0) is 13.2. The van der Waals surface area contributed by atoms with Gasteiger partial charge in [-0.15, -0.1) is 11.3 Å². The monoisotopic (exact) mass is 352 g/mol. The molecule has 2 rings (SSSR count). The summed E-state index contributed by atoms with van der Waals surface area (Å²) >= 11 is 4.55. The van der Waals surface area contributed by atoms with E-state index in [1.165, 1.54) is 28.5 Å². The normalized spacial score (nSPS) is 21.4. The summed E-state index contributed by atoms with van der Waals surface area (Å²) in [6.45, 7) is 1.53. The summed E-state index contributed by atoms with van der Waals surface area (Å²) in [6, 6.07) is 3.70. The van der Waals surface area contributed by atoms with Crippen molar-refractivity contribution >= 4 is 37.3 Å². The Kier molecular flexibility index (Phi) is 4.82. The lowest BCUT2D eigenvalue weighted by molar-refractivity contribution is 0.338. The number of nitrogens with zero attached hydrogens (tertiary/aromatic N) is 1. The summed E-state index contributed by atoms with van der Waals surface area (Å²) in [4.78, 5) is 0. The summed E-state index contributed by atoms with van der Waals surface area (Å²) in [7, 11) is -1.68. The molecule has 1 atom stereocenters. The van der Waals surface area contributed by atoms with E-state index in [-0.39, 0.29) is 6.04 Å². The van der Waals surface area contributed by atoms with Crippen LogP contribution in [0.25, 0.3) is 0 Å². The predicted molar refractivity (Wildman–Crippen MR) is 77.5 cm³/mol. The Morgan fingerprint density at radius 1 is 1.50 bits per heavy atom. The van der Waals surface area contributed by atoms with Gasteiger partial charge >= 0.3 is 0 Å². The van der Waals surface area contributed by atoms with Gasteiger partial charge in [0.25, 0.3) is 10.0 Å². The SMILES string of the molecule is CN(C[C@@H]1CCCCN1)S(=O)(=O)c1ccc(Br)s1. The van der Waals surface area contributed by atoms with Gasteiger partial charge in [-0.2, -0.15) is 4.31 Å². The third-order valence-corrected chi connectivity index (χ3v) is 7.02. The van der Waals surface area contributed by atoms with Crippen molar-refractivity contribution in [3.8, 4) is 0 Å². The summed E-state index contributed by atoms with van der Waals surface area (Å²) in [5.41, 5.74) is 0. The molecule has 1 aliphatic heterocycles. The molecule has 1 fully saturated rings. The van der Waals surface area contributed by atoms with Crippen molar-refractivity contribution in [2.45, 2.75) is 29.5 Å². The van der Waals surface area contributed by atoms with Crippen LogP contribution in [-0.2, 0) is 10.0 Å². The number of likely N-dealkylation sites (N-methyl/N-ethyl adjacent to an activating group) is 1. The molecular weight excluding hydrogens is 336 g/mol. The molecule has 1 saturated heterocycles. The van der Waals surface area contributed by atoms with E-state index < -0.39 is 10.0 Å². The molecule has 102 valence electrons. The first-order chi connectivity index (χ1) is 8.50. The van der Waals surface area contributed by atoms with Crippen LogP contribution in [0, 0.1) is 0 Å². The molecule has 0 amide bonds. The molecule has 18 heavy (non-hydrogen) atoms. The van der Waals surface area contributed by atoms with Crippen LogP contribution in [-0.4, -0.2) is 38.9 Å². The first kappa shape index (κ1) is 14.5. The fraction of sp³-hybridized carbons (Fsp3) is 0.636. The van der Waals surface area contributed by atoms with Crippen LogP contribution in [0.3, 0.4) is 0 Å². The van der Waals surface area contributed by atoms with E-state index in [1.54, 1.807) is 19.2 Å². The highest BCUT2D eigenvalue weighted by molar-refractivity contribution is 9.11. The summed E-state index contributed by atoms with van der Waals surface area (Å²) in [5, 5.41) is 3.37. The Labute approximate surface area is 121 Å². The molecule has 1 aliphatic rings. The Morgan fingerprint density at radius 2 is 2.28 bits per heavy atom. The number of nitrogens with one attached hydrogen (secondary N) is 1. The Morgan fingerprint density at radius 3 is 2.83 bits per heavy atom. The van der Waals surface area contributed by atoms with E-state index in [0.29, 0.717) is 10.8 Å². The fourth-order valence-electron chi connectivity index (χ4n) is 2.08. The van der Waals surface area contributed by atoms with Crippen molar-refractivity contribution in [1.82, 2.24) is 9.62 Å². The van der Waals surface area contributed by atoms with Crippen molar-refractivity contribution in [2.24, 2.45) is 0 Å². The molecule has 1 N–H and O–H groups in total. The molecule has 0 unspecified atom stereocenters. The smallest absolute Gasteiger partial charge is 0.252 e. The number of hydrogen-bond acceptors (Lipinski definition) is 4. The highest BCUT2D eigenvalue weighted by Crippen LogP contribution is 2.28. The number of halogens is 1. The van der Waals surface area contributed by atoms with Crippen molar-refractivity contribution in [1.29, 1.82) is 0 Å². The van der Waals surface area contributed by atoms with Crippen molar-refractivity contribution in [2.75, 3.05) is 20.1 Å². The third kappa shape index (κ3) is 3.33. The molecule has 7 heteroatoms. The molecular formula is C11H17BrN2O2S2. The molecule has 0 spiro atoms. The molecule has 1 aromatic rings. The molecule has 2 heterocycles. The second-order valence-electron chi connectivity index (χ2n) is 4.49. The zero-order valence-corrected chi connectivity index (χ0v) is 13.4. The van der Waals surface area contributed by atoms with E-state index in [1.807, 2.05) is 0 Å². The summed E-state index contributed by atoms with van der Waals surface area (Å²) < 4.78 is 27.3. The van der Waals surface area contributed by atoms with Crippen molar-refractivity contribution in [3.63, 3.8) is 0 Å². The average Bonchev–Trinajstić information content (AvgIpc) is 2.78. The topological polar surface area (TPSA) is 49.4 Å². The van der Waals surface area contributed by atoms with Crippen molar-refractivity contribution < 1.29 is 8.42 Å². The largest absolute Gasteiger partial charge is 0.313 e. The molecule has 0 radical (unpaired) electrons. The maximum atomic E-state index is 12.3. The van der Waals surface area contributed by atoms with Crippen LogP contribution >= 0.6 is 27.3 Å². The highest BCUT2D eigenvalue weighted by Gasteiger charge is 2.25. The number of thiophene rings is 1. The number of sulfonamides is 1. The lowest BCUT2D eigenvalue weighted by Crippen LogP contribution is -2.44. The number of rotatable bonds is 4. The minimum atomic E-state index is -3.34. The lowest BCUT2D eigenvalue weighted by Gasteiger charge is -2.27. The summed E-state index contributed by atoms with van der Waals surface area (Å²) in [5.74, 6) is 0. The van der Waals surface area contributed by atoms with Crippen LogP contribution in [0.4, 0.5) is 0 Å². The molecule has 0 bridgehead atoms. The Bertz CT molecular complexity index is 495. The quantitative estimate of drug-likeness (QED) is 0.904. The van der Waals surface area contributed by atoms with Crippen LogP contribution in [0.15, 0.2) is 20.1 Å². The average molecular weight is 353 g/mol. The third-order valence-electron chi connectivity index (χ3n) is 3.10. The van der Waals surface area contributed by atoms with Crippen LogP contribution in [0.5, 0.6) is 0 Å². The second-order valence-corrected chi connectivity index (χ2v) is 9.23. The maximum absolute atomic E-state index is 12.3. The number of hydrogen-bond donors (Lipinski definition) is 1. The molecule has 0 aromatic carbocycles. The van der Waals surface area contributed by atoms with Gasteiger partial charge in [0.2, 0.25) is 0 Å². The fourth-order valence-corrected chi connectivity index (χ4v) is 5.52. The molecule has 0 saturated carbocycles. The van der Waals surface area contributed by atoms with Crippen LogP contribution in [0.1, 0.15) is 19.3 Å². The molecule has 1 aromatic heterocycles. The first-order valence-corrected chi connectivity index (χ1v) is 9.00. The van der Waals surface area contributed by atoms with Gasteiger partial charge < -0.3 is 5.32 Å². The van der Waals surface area contributed by atoms with Gasteiger partial charge in [0.15, 0.2) is 0 Å². The van der Waals surface area contributed by atoms with Crippen LogP contribution in [0.2, 0.25) is 0 Å². The van der Waals surface area contributed by atoms with Crippen LogP contribution < -0.4 is 5.32 Å². The standard InChI is InChI=1S/C11H17BrN2O2S2/c1-14(8-9-4-2-3-7-13-9)18(15,16)11-6-5-10(12)17-11/h5-6,9,13H,2-4,7-8H2,1H3/t9-/m0/s1. The first-order valence-electron chi connectivity index (χ1n) is 5.95. The van der Waals surface area contributed by atoms with Crippen molar-refractivity contribution in [3.05, 3.63) is 15.9 Å².